The first-order valence-electron chi connectivity index (χ1n) is 9.77. The maximum atomic E-state index is 13.0. The normalized spacial score (nSPS) is 16.2. The largest absolute Gasteiger partial charge is 0.496 e. The number of anilines is 1. The Morgan fingerprint density at radius 1 is 1.24 bits per heavy atom. The molecule has 0 spiro atoms. The lowest BCUT2D eigenvalue weighted by Crippen LogP contribution is -2.30. The van der Waals surface area contributed by atoms with Gasteiger partial charge < -0.3 is 15.0 Å². The van der Waals surface area contributed by atoms with Gasteiger partial charge in [0.05, 0.1) is 18.2 Å². The third-order valence-electron chi connectivity index (χ3n) is 5.38. The molecule has 1 aliphatic rings. The van der Waals surface area contributed by atoms with E-state index in [0.29, 0.717) is 22.3 Å². The van der Waals surface area contributed by atoms with E-state index in [1.165, 1.54) is 0 Å². The molecule has 5 nitrogen and oxygen atoms in total. The van der Waals surface area contributed by atoms with Gasteiger partial charge >= 0.3 is 0 Å². The number of fused-ring (bicyclic) bond motifs is 1. The number of aromatic nitrogens is 1. The van der Waals surface area contributed by atoms with Gasteiger partial charge in [0.2, 0.25) is 0 Å². The summed E-state index contributed by atoms with van der Waals surface area (Å²) in [5.41, 5.74) is 2.60. The Kier molecular flexibility index (Phi) is 5.58. The van der Waals surface area contributed by atoms with E-state index in [9.17, 15) is 4.79 Å². The van der Waals surface area contributed by atoms with E-state index in [0.717, 1.165) is 48.3 Å². The highest BCUT2D eigenvalue weighted by Crippen LogP contribution is 2.26. The zero-order valence-electron chi connectivity index (χ0n) is 16.6. The minimum atomic E-state index is 0.0359. The van der Waals surface area contributed by atoms with Gasteiger partial charge in [-0.3, -0.25) is 4.79 Å². The summed E-state index contributed by atoms with van der Waals surface area (Å²) in [5.74, 6) is 1.89. The summed E-state index contributed by atoms with van der Waals surface area (Å²) in [4.78, 5) is 19.5. The van der Waals surface area contributed by atoms with Crippen LogP contribution >= 0.6 is 11.6 Å². The van der Waals surface area contributed by atoms with E-state index in [-0.39, 0.29) is 5.91 Å². The van der Waals surface area contributed by atoms with Crippen molar-refractivity contribution in [2.75, 3.05) is 32.1 Å². The molecular formula is C23H24ClN3O2. The zero-order valence-corrected chi connectivity index (χ0v) is 17.4. The Morgan fingerprint density at radius 3 is 2.93 bits per heavy atom. The molecule has 0 unspecified atom stereocenters. The predicted molar refractivity (Wildman–Crippen MR) is 117 cm³/mol. The van der Waals surface area contributed by atoms with Crippen molar-refractivity contribution in [3.63, 3.8) is 0 Å². The third-order valence-corrected chi connectivity index (χ3v) is 5.62. The lowest BCUT2D eigenvalue weighted by Gasteiger charge is -2.19. The molecule has 1 atom stereocenters. The second-order valence-electron chi connectivity index (χ2n) is 7.52. The Balaban J connectivity index is 1.38. The number of hydrogen-bond acceptors (Lipinski definition) is 4. The minimum Gasteiger partial charge on any atom is -0.496 e. The fourth-order valence-corrected chi connectivity index (χ4v) is 3.97. The minimum absolute atomic E-state index is 0.0359. The number of halogens is 1. The van der Waals surface area contributed by atoms with Crippen LogP contribution in [0.1, 0.15) is 22.3 Å². The van der Waals surface area contributed by atoms with Crippen LogP contribution in [0.4, 0.5) is 5.82 Å². The zero-order chi connectivity index (χ0) is 20.4. The Morgan fingerprint density at radius 2 is 2.10 bits per heavy atom. The van der Waals surface area contributed by atoms with Crippen molar-refractivity contribution in [2.45, 2.75) is 13.3 Å². The van der Waals surface area contributed by atoms with Crippen LogP contribution in [-0.2, 0) is 0 Å². The molecule has 4 rings (SSSR count). The van der Waals surface area contributed by atoms with Crippen LogP contribution in [0.15, 0.2) is 48.5 Å². The number of ether oxygens (including phenoxy) is 1. The molecule has 29 heavy (non-hydrogen) atoms. The maximum absolute atomic E-state index is 13.0. The fourth-order valence-electron chi connectivity index (χ4n) is 3.79. The number of carbonyl (C=O) groups is 1. The predicted octanol–water partition coefficient (Wildman–Crippen LogP) is 4.78. The van der Waals surface area contributed by atoms with E-state index in [2.05, 4.69) is 10.3 Å². The van der Waals surface area contributed by atoms with E-state index >= 15 is 0 Å². The van der Waals surface area contributed by atoms with Gasteiger partial charge in [-0.25, -0.2) is 4.98 Å². The summed E-state index contributed by atoms with van der Waals surface area (Å²) < 4.78 is 5.38. The average molecular weight is 410 g/mol. The molecule has 1 N–H and O–H groups in total. The first-order valence-corrected chi connectivity index (χ1v) is 10.2. The molecule has 3 aromatic rings. The molecular weight excluding hydrogens is 386 g/mol. The number of amides is 1. The molecule has 1 aliphatic heterocycles. The van der Waals surface area contributed by atoms with Gasteiger partial charge in [0.25, 0.3) is 5.91 Å². The summed E-state index contributed by atoms with van der Waals surface area (Å²) in [7, 11) is 1.60. The second-order valence-corrected chi connectivity index (χ2v) is 7.96. The Labute approximate surface area is 175 Å². The van der Waals surface area contributed by atoms with Crippen LogP contribution in [-0.4, -0.2) is 42.5 Å². The molecule has 1 saturated heterocycles. The van der Waals surface area contributed by atoms with Gasteiger partial charge in [0.1, 0.15) is 11.6 Å². The number of benzene rings is 2. The van der Waals surface area contributed by atoms with Crippen LogP contribution in [0.3, 0.4) is 0 Å². The summed E-state index contributed by atoms with van der Waals surface area (Å²) in [5, 5.41) is 5.15. The van der Waals surface area contributed by atoms with Gasteiger partial charge in [0.15, 0.2) is 0 Å². The van der Waals surface area contributed by atoms with Crippen molar-refractivity contribution in [3.8, 4) is 5.75 Å². The van der Waals surface area contributed by atoms with Crippen LogP contribution in [0.5, 0.6) is 5.75 Å². The molecule has 2 aromatic carbocycles. The molecule has 1 aromatic heterocycles. The molecule has 0 aliphatic carbocycles. The van der Waals surface area contributed by atoms with Crippen molar-refractivity contribution < 1.29 is 9.53 Å². The highest BCUT2D eigenvalue weighted by molar-refractivity contribution is 6.31. The van der Waals surface area contributed by atoms with E-state index < -0.39 is 0 Å². The fraction of sp³-hybridized carbons (Fsp3) is 0.304. The summed E-state index contributed by atoms with van der Waals surface area (Å²) >= 11 is 6.03. The Bertz CT molecular complexity index is 1050. The smallest absolute Gasteiger partial charge is 0.257 e. The average Bonchev–Trinajstić information content (AvgIpc) is 3.20. The second kappa shape index (κ2) is 8.29. The van der Waals surface area contributed by atoms with Gasteiger partial charge in [0, 0.05) is 30.0 Å². The standard InChI is InChI=1S/C23H24ClN3O2/c1-15-3-7-21(29-2)19(11-15)23(28)27-10-9-16(14-27)13-25-22-8-4-17-12-18(24)5-6-20(17)26-22/h3-8,11-12,16H,9-10,13-14H2,1-2H3,(H,25,26)/t16-/m0/s1. The van der Waals surface area contributed by atoms with Gasteiger partial charge in [-0.05, 0) is 61.7 Å². The van der Waals surface area contributed by atoms with Crippen LogP contribution in [0, 0.1) is 12.8 Å². The number of nitrogens with one attached hydrogen (secondary N) is 1. The molecule has 0 saturated carbocycles. The van der Waals surface area contributed by atoms with Crippen LogP contribution < -0.4 is 10.1 Å². The first-order chi connectivity index (χ1) is 14.0. The lowest BCUT2D eigenvalue weighted by atomic mass is 10.1. The summed E-state index contributed by atoms with van der Waals surface area (Å²) in [6.07, 6.45) is 0.968. The van der Waals surface area contributed by atoms with E-state index in [4.69, 9.17) is 16.3 Å². The maximum Gasteiger partial charge on any atom is 0.257 e. The van der Waals surface area contributed by atoms with Crippen LogP contribution in [0.25, 0.3) is 10.9 Å². The number of aryl methyl sites for hydroxylation is 1. The SMILES string of the molecule is COc1ccc(C)cc1C(=O)N1CC[C@@H](CNc2ccc3cc(Cl)ccc3n2)C1. The number of nitrogens with zero attached hydrogens (tertiary/aromatic N) is 2. The first kappa shape index (κ1) is 19.5. The monoisotopic (exact) mass is 409 g/mol. The van der Waals surface area contributed by atoms with Gasteiger partial charge in [-0.15, -0.1) is 0 Å². The summed E-state index contributed by atoms with van der Waals surface area (Å²) in [6, 6.07) is 15.4. The lowest BCUT2D eigenvalue weighted by molar-refractivity contribution is 0.0784. The van der Waals surface area contributed by atoms with Gasteiger partial charge in [-0.1, -0.05) is 23.2 Å². The van der Waals surface area contributed by atoms with Crippen molar-refractivity contribution in [3.05, 3.63) is 64.7 Å². The molecule has 1 fully saturated rings. The third kappa shape index (κ3) is 4.30. The van der Waals surface area contributed by atoms with Crippen LogP contribution in [0.2, 0.25) is 5.02 Å². The highest BCUT2D eigenvalue weighted by atomic mass is 35.5. The van der Waals surface area contributed by atoms with Crippen molar-refractivity contribution in [1.82, 2.24) is 9.88 Å². The van der Waals surface area contributed by atoms with Crippen molar-refractivity contribution >= 4 is 34.2 Å². The molecule has 0 bridgehead atoms. The molecule has 6 heteroatoms. The number of hydrogen-bond donors (Lipinski definition) is 1. The number of rotatable bonds is 5. The number of carbonyl (C=O) groups excluding carboxylic acids is 1. The quantitative estimate of drug-likeness (QED) is 0.658. The molecule has 1 amide bonds. The molecule has 150 valence electrons. The van der Waals surface area contributed by atoms with E-state index in [1.807, 2.05) is 60.4 Å². The number of likely N-dealkylation sites (tertiary alicyclic amines) is 1. The number of methoxy groups -OCH3 is 1. The summed E-state index contributed by atoms with van der Waals surface area (Å²) in [6.45, 7) is 4.25. The van der Waals surface area contributed by atoms with E-state index in [1.54, 1.807) is 7.11 Å². The van der Waals surface area contributed by atoms with Crippen molar-refractivity contribution in [1.29, 1.82) is 0 Å². The molecule has 0 radical (unpaired) electrons. The highest BCUT2D eigenvalue weighted by Gasteiger charge is 2.28. The molecule has 2 heterocycles. The Hall–Kier alpha value is -2.79. The number of pyridine rings is 1. The topological polar surface area (TPSA) is 54.5 Å². The van der Waals surface area contributed by atoms with Gasteiger partial charge in [-0.2, -0.15) is 0 Å². The van der Waals surface area contributed by atoms with Crippen molar-refractivity contribution in [2.24, 2.45) is 5.92 Å².